The monoisotopic (exact) mass is 595 g/mol. The Morgan fingerprint density at radius 2 is 0.935 bits per heavy atom. The number of aryl methyl sites for hydroxylation is 1. The van der Waals surface area contributed by atoms with Gasteiger partial charge in [-0.2, -0.15) is 0 Å². The fraction of sp³-hybridized carbons (Fsp3) is 0.0732. The topological polar surface area (TPSA) is 63.1 Å². The Labute approximate surface area is 269 Å². The van der Waals surface area contributed by atoms with Crippen LogP contribution >= 0.6 is 0 Å². The highest BCUT2D eigenvalue weighted by molar-refractivity contribution is 6.06. The molecule has 0 atom stereocenters. The Hall–Kier alpha value is -5.94. The number of nitrogens with zero attached hydrogens (tertiary/aromatic N) is 4. The molecule has 6 aromatic rings. The van der Waals surface area contributed by atoms with Crippen molar-refractivity contribution in [3.63, 3.8) is 0 Å². The van der Waals surface area contributed by atoms with Crippen LogP contribution in [0.1, 0.15) is 35.6 Å². The van der Waals surface area contributed by atoms with Crippen LogP contribution in [0.5, 0.6) is 0 Å². The van der Waals surface area contributed by atoms with E-state index in [1.807, 2.05) is 84.9 Å². The first-order valence-electron chi connectivity index (χ1n) is 15.5. The lowest BCUT2D eigenvalue weighted by molar-refractivity contribution is 1.07. The predicted octanol–water partition coefficient (Wildman–Crippen LogP) is 9.39. The zero-order chi connectivity index (χ0) is 31.3. The standard InChI is InChI=1S/C41H33N5/c1-28-25-34(37-29(2)23-24-36(30-15-7-3-8-16-30)42-38(43-37)31-17-9-4-10-18-31)27-35(26-28)41-45-39(32-19-11-5-12-20-32)44-40(46-41)33-21-13-6-14-22-33/h3-22,24-27H,23H2,1-2H3,(H,42,43)/b36-24+,37-29?. The number of allylic oxidation sites excluding steroid dienone is 2. The molecule has 5 nitrogen and oxygen atoms in total. The SMILES string of the molecule is CC1=C(c2cc(C)cc(-c3nc(-c4ccccc4)nc(-c4ccccc4)n3)c2)NC(c2ccccc2)=N/C(c2ccccc2)=C/C1. The van der Waals surface area contributed by atoms with Gasteiger partial charge in [0.15, 0.2) is 17.5 Å². The summed E-state index contributed by atoms with van der Waals surface area (Å²) < 4.78 is 0. The molecule has 0 unspecified atom stereocenters. The highest BCUT2D eigenvalue weighted by Gasteiger charge is 2.18. The molecule has 1 N–H and O–H groups in total. The minimum absolute atomic E-state index is 0.630. The maximum absolute atomic E-state index is 5.18. The first-order chi connectivity index (χ1) is 22.6. The van der Waals surface area contributed by atoms with Crippen LogP contribution in [0.4, 0.5) is 0 Å². The van der Waals surface area contributed by atoms with Gasteiger partial charge in [-0.3, -0.25) is 0 Å². The van der Waals surface area contributed by atoms with Crippen molar-refractivity contribution in [2.75, 3.05) is 0 Å². The molecular formula is C41H33N5. The first-order valence-corrected chi connectivity index (χ1v) is 15.5. The van der Waals surface area contributed by atoms with Crippen molar-refractivity contribution in [2.24, 2.45) is 4.99 Å². The maximum Gasteiger partial charge on any atom is 0.164 e. The number of aliphatic imine (C=N–C) groups is 1. The summed E-state index contributed by atoms with van der Waals surface area (Å²) in [5, 5.41) is 3.75. The van der Waals surface area contributed by atoms with Crippen LogP contribution in [0.25, 0.3) is 45.6 Å². The van der Waals surface area contributed by atoms with Crippen LogP contribution < -0.4 is 5.32 Å². The highest BCUT2D eigenvalue weighted by atomic mass is 15.0. The van der Waals surface area contributed by atoms with Crippen LogP contribution in [0, 0.1) is 6.92 Å². The van der Waals surface area contributed by atoms with Crippen molar-refractivity contribution in [3.8, 4) is 34.2 Å². The van der Waals surface area contributed by atoms with Gasteiger partial charge in [0.25, 0.3) is 0 Å². The van der Waals surface area contributed by atoms with Crippen molar-refractivity contribution in [1.82, 2.24) is 20.3 Å². The number of nitrogens with one attached hydrogen (secondary N) is 1. The van der Waals surface area contributed by atoms with Gasteiger partial charge in [0.1, 0.15) is 5.84 Å². The van der Waals surface area contributed by atoms with E-state index in [9.17, 15) is 0 Å². The molecule has 2 heterocycles. The number of rotatable bonds is 6. The van der Waals surface area contributed by atoms with Crippen molar-refractivity contribution in [1.29, 1.82) is 0 Å². The molecule has 0 aliphatic carbocycles. The zero-order valence-electron chi connectivity index (χ0n) is 25.9. The van der Waals surface area contributed by atoms with E-state index in [2.05, 4.69) is 79.8 Å². The first kappa shape index (κ1) is 28.8. The second kappa shape index (κ2) is 13.0. The van der Waals surface area contributed by atoms with Gasteiger partial charge in [0.2, 0.25) is 0 Å². The summed E-state index contributed by atoms with van der Waals surface area (Å²) in [6.45, 7) is 4.30. The van der Waals surface area contributed by atoms with Gasteiger partial charge >= 0.3 is 0 Å². The molecule has 0 bridgehead atoms. The molecular weight excluding hydrogens is 562 g/mol. The van der Waals surface area contributed by atoms with Gasteiger partial charge in [-0.25, -0.2) is 19.9 Å². The fourth-order valence-electron chi connectivity index (χ4n) is 5.61. The Kier molecular flexibility index (Phi) is 8.12. The van der Waals surface area contributed by atoms with Crippen molar-refractivity contribution in [2.45, 2.75) is 20.3 Å². The lowest BCUT2D eigenvalue weighted by Gasteiger charge is -2.21. The number of hydrogen-bond donors (Lipinski definition) is 1. The third kappa shape index (κ3) is 6.30. The van der Waals surface area contributed by atoms with E-state index < -0.39 is 0 Å². The Morgan fingerprint density at radius 3 is 1.48 bits per heavy atom. The molecule has 0 radical (unpaired) electrons. The Morgan fingerprint density at radius 1 is 0.478 bits per heavy atom. The second-order valence-electron chi connectivity index (χ2n) is 11.4. The molecule has 1 aromatic heterocycles. The normalized spacial score (nSPS) is 14.4. The van der Waals surface area contributed by atoms with Gasteiger partial charge in [0.05, 0.1) is 5.70 Å². The second-order valence-corrected chi connectivity index (χ2v) is 11.4. The predicted molar refractivity (Wildman–Crippen MR) is 189 cm³/mol. The van der Waals surface area contributed by atoms with Crippen LogP contribution in [0.2, 0.25) is 0 Å². The number of amidine groups is 1. The van der Waals surface area contributed by atoms with Gasteiger partial charge < -0.3 is 5.32 Å². The molecule has 1 aliphatic heterocycles. The van der Waals surface area contributed by atoms with Gasteiger partial charge in [-0.1, -0.05) is 127 Å². The third-order valence-corrected chi connectivity index (χ3v) is 7.94. The molecule has 46 heavy (non-hydrogen) atoms. The van der Waals surface area contributed by atoms with E-state index >= 15 is 0 Å². The van der Waals surface area contributed by atoms with Gasteiger partial charge in [0, 0.05) is 28.0 Å². The molecule has 0 saturated heterocycles. The summed E-state index contributed by atoms with van der Waals surface area (Å²) in [5.41, 5.74) is 10.3. The van der Waals surface area contributed by atoms with Crippen LogP contribution in [0.15, 0.2) is 156 Å². The molecule has 0 amide bonds. The Balaban J connectivity index is 1.35. The summed E-state index contributed by atoms with van der Waals surface area (Å²) >= 11 is 0. The number of benzene rings is 5. The summed E-state index contributed by atoms with van der Waals surface area (Å²) in [4.78, 5) is 20.0. The minimum atomic E-state index is 0.630. The van der Waals surface area contributed by atoms with Crippen molar-refractivity contribution in [3.05, 3.63) is 173 Å². The van der Waals surface area contributed by atoms with E-state index in [0.29, 0.717) is 17.5 Å². The quantitative estimate of drug-likeness (QED) is 0.208. The van der Waals surface area contributed by atoms with Crippen LogP contribution in [-0.4, -0.2) is 20.8 Å². The molecule has 0 spiro atoms. The summed E-state index contributed by atoms with van der Waals surface area (Å²) in [5.74, 6) is 2.71. The third-order valence-electron chi connectivity index (χ3n) is 7.94. The summed E-state index contributed by atoms with van der Waals surface area (Å²) in [7, 11) is 0. The zero-order valence-corrected chi connectivity index (χ0v) is 25.9. The summed E-state index contributed by atoms with van der Waals surface area (Å²) in [6, 6.07) is 47.3. The average Bonchev–Trinajstić information content (AvgIpc) is 3.11. The van der Waals surface area contributed by atoms with Crippen molar-refractivity contribution < 1.29 is 0 Å². The summed E-state index contributed by atoms with van der Waals surface area (Å²) in [6.07, 6.45) is 2.97. The van der Waals surface area contributed by atoms with E-state index in [4.69, 9.17) is 19.9 Å². The molecule has 5 aromatic carbocycles. The molecule has 1 aliphatic rings. The number of hydrogen-bond acceptors (Lipinski definition) is 5. The van der Waals surface area contributed by atoms with Crippen LogP contribution in [0.3, 0.4) is 0 Å². The van der Waals surface area contributed by atoms with E-state index in [0.717, 1.165) is 62.6 Å². The van der Waals surface area contributed by atoms with Crippen LogP contribution in [-0.2, 0) is 0 Å². The smallest absolute Gasteiger partial charge is 0.164 e. The largest absolute Gasteiger partial charge is 0.339 e. The number of aromatic nitrogens is 3. The Bertz CT molecular complexity index is 2020. The lowest BCUT2D eigenvalue weighted by atomic mass is 9.98. The van der Waals surface area contributed by atoms with Gasteiger partial charge in [-0.05, 0) is 60.7 Å². The molecule has 5 heteroatoms. The highest BCUT2D eigenvalue weighted by Crippen LogP contribution is 2.31. The fourth-order valence-corrected chi connectivity index (χ4v) is 5.61. The van der Waals surface area contributed by atoms with Gasteiger partial charge in [-0.15, -0.1) is 0 Å². The average molecular weight is 596 g/mol. The van der Waals surface area contributed by atoms with E-state index in [1.165, 1.54) is 5.57 Å². The van der Waals surface area contributed by atoms with E-state index in [-0.39, 0.29) is 0 Å². The molecule has 222 valence electrons. The molecule has 0 saturated carbocycles. The lowest BCUT2D eigenvalue weighted by Crippen LogP contribution is -2.25. The minimum Gasteiger partial charge on any atom is -0.339 e. The maximum atomic E-state index is 5.18. The van der Waals surface area contributed by atoms with Crippen molar-refractivity contribution >= 4 is 17.2 Å². The molecule has 0 fully saturated rings. The molecule has 7 rings (SSSR count). The van der Waals surface area contributed by atoms with E-state index in [1.54, 1.807) is 0 Å².